The van der Waals surface area contributed by atoms with E-state index in [-0.39, 0.29) is 10.8 Å². The van der Waals surface area contributed by atoms with Gasteiger partial charge in [-0.1, -0.05) is 0 Å². The largest absolute Gasteiger partial charge is 0.416 e. The first-order valence-electron chi connectivity index (χ1n) is 6.36. The molecular weight excluding hydrogens is 309 g/mol. The molecule has 8 heteroatoms. The maximum atomic E-state index is 12.4. The molecule has 0 spiro atoms. The summed E-state index contributed by atoms with van der Waals surface area (Å²) in [6, 6.07) is 3.27. The summed E-state index contributed by atoms with van der Waals surface area (Å²) in [5.74, 6) is -0.777. The first-order chi connectivity index (χ1) is 9.70. The van der Waals surface area contributed by atoms with Gasteiger partial charge in [0, 0.05) is 12.5 Å². The number of aliphatic hydroxyl groups is 1. The van der Waals surface area contributed by atoms with Gasteiger partial charge in [-0.15, -0.1) is 0 Å². The monoisotopic (exact) mass is 324 g/mol. The summed E-state index contributed by atoms with van der Waals surface area (Å²) in [6.45, 7) is 0.770. The predicted molar refractivity (Wildman–Crippen MR) is 68.4 cm³/mol. The van der Waals surface area contributed by atoms with Crippen molar-refractivity contribution in [3.05, 3.63) is 29.8 Å². The normalized spacial score (nSPS) is 21.4. The second-order valence-corrected chi connectivity index (χ2v) is 7.03. The third kappa shape index (κ3) is 3.96. The lowest BCUT2D eigenvalue weighted by atomic mass is 10.0. The summed E-state index contributed by atoms with van der Waals surface area (Å²) < 4.78 is 66.5. The first kappa shape index (κ1) is 16.3. The average molecular weight is 324 g/mol. The highest BCUT2D eigenvalue weighted by molar-refractivity contribution is 7.91. The van der Waals surface area contributed by atoms with Gasteiger partial charge >= 0.3 is 6.18 Å². The Morgan fingerprint density at radius 3 is 2.38 bits per heavy atom. The predicted octanol–water partition coefficient (Wildman–Crippen LogP) is 1.88. The van der Waals surface area contributed by atoms with Gasteiger partial charge < -0.3 is 9.84 Å². The van der Waals surface area contributed by atoms with E-state index in [2.05, 4.69) is 0 Å². The number of rotatable bonds is 4. The molecule has 0 saturated carbocycles. The van der Waals surface area contributed by atoms with Crippen LogP contribution in [0.4, 0.5) is 13.2 Å². The zero-order valence-corrected chi connectivity index (χ0v) is 11.8. The number of benzene rings is 1. The smallest absolute Gasteiger partial charge is 0.392 e. The van der Waals surface area contributed by atoms with Gasteiger partial charge in [0.05, 0.1) is 28.9 Å². The van der Waals surface area contributed by atoms with Crippen LogP contribution in [0.5, 0.6) is 0 Å². The van der Waals surface area contributed by atoms with Crippen molar-refractivity contribution >= 4 is 9.84 Å². The summed E-state index contributed by atoms with van der Waals surface area (Å²) in [5.41, 5.74) is -0.911. The molecular formula is C13H15F3O4S. The van der Waals surface area contributed by atoms with Gasteiger partial charge in [0.2, 0.25) is 0 Å². The lowest BCUT2D eigenvalue weighted by molar-refractivity contribution is -0.137. The van der Waals surface area contributed by atoms with Crippen molar-refractivity contribution in [3.8, 4) is 0 Å². The number of alkyl halides is 3. The SMILES string of the molecule is O=S(=O)(CC(O)C1CCOC1)c1ccc(C(F)(F)F)cc1. The molecule has 21 heavy (non-hydrogen) atoms. The van der Waals surface area contributed by atoms with Crippen LogP contribution in [0.3, 0.4) is 0 Å². The van der Waals surface area contributed by atoms with Crippen molar-refractivity contribution in [2.24, 2.45) is 5.92 Å². The fraction of sp³-hybridized carbons (Fsp3) is 0.538. The van der Waals surface area contributed by atoms with E-state index in [4.69, 9.17) is 4.74 Å². The number of halogens is 3. The van der Waals surface area contributed by atoms with E-state index < -0.39 is 33.4 Å². The van der Waals surface area contributed by atoms with E-state index in [1.165, 1.54) is 0 Å². The molecule has 0 amide bonds. The maximum absolute atomic E-state index is 12.4. The molecule has 1 aromatic rings. The van der Waals surface area contributed by atoms with Crippen LogP contribution in [-0.4, -0.2) is 38.6 Å². The lowest BCUT2D eigenvalue weighted by Crippen LogP contribution is -2.29. The van der Waals surface area contributed by atoms with E-state index >= 15 is 0 Å². The minimum absolute atomic E-state index is 0.228. The average Bonchev–Trinajstić information content (AvgIpc) is 2.91. The van der Waals surface area contributed by atoms with Gasteiger partial charge in [0.1, 0.15) is 0 Å². The van der Waals surface area contributed by atoms with Crippen LogP contribution >= 0.6 is 0 Å². The van der Waals surface area contributed by atoms with Gasteiger partial charge in [-0.25, -0.2) is 8.42 Å². The van der Waals surface area contributed by atoms with Crippen LogP contribution in [0.25, 0.3) is 0 Å². The van der Waals surface area contributed by atoms with Gasteiger partial charge in [0.25, 0.3) is 0 Å². The third-order valence-corrected chi connectivity index (χ3v) is 5.21. The van der Waals surface area contributed by atoms with Gasteiger partial charge in [0.15, 0.2) is 9.84 Å². The summed E-state index contributed by atoms with van der Waals surface area (Å²) in [7, 11) is -3.83. The van der Waals surface area contributed by atoms with E-state index in [0.29, 0.717) is 19.6 Å². The van der Waals surface area contributed by atoms with Crippen LogP contribution in [-0.2, 0) is 20.8 Å². The van der Waals surface area contributed by atoms with Crippen molar-refractivity contribution in [1.29, 1.82) is 0 Å². The Balaban J connectivity index is 2.12. The Labute approximate surface area is 120 Å². The Bertz CT molecular complexity index is 574. The topological polar surface area (TPSA) is 63.6 Å². The third-order valence-electron chi connectivity index (χ3n) is 3.44. The molecule has 2 unspecified atom stereocenters. The second kappa shape index (κ2) is 5.94. The number of hydrogen-bond donors (Lipinski definition) is 1. The van der Waals surface area contributed by atoms with Crippen LogP contribution < -0.4 is 0 Å². The highest BCUT2D eigenvalue weighted by Crippen LogP contribution is 2.30. The van der Waals surface area contributed by atoms with Crippen LogP contribution in [0.15, 0.2) is 29.2 Å². The summed E-state index contributed by atoms with van der Waals surface area (Å²) in [4.78, 5) is -0.228. The van der Waals surface area contributed by atoms with E-state index in [1.54, 1.807) is 0 Å². The minimum Gasteiger partial charge on any atom is -0.392 e. The number of hydrogen-bond acceptors (Lipinski definition) is 4. The van der Waals surface area contributed by atoms with Gasteiger partial charge in [-0.2, -0.15) is 13.2 Å². The molecule has 2 atom stereocenters. The maximum Gasteiger partial charge on any atom is 0.416 e. The quantitative estimate of drug-likeness (QED) is 0.918. The molecule has 0 bridgehead atoms. The van der Waals surface area contributed by atoms with E-state index in [1.807, 2.05) is 0 Å². The molecule has 0 radical (unpaired) electrons. The fourth-order valence-corrected chi connectivity index (χ4v) is 3.63. The molecule has 2 rings (SSSR count). The Morgan fingerprint density at radius 1 is 1.29 bits per heavy atom. The molecule has 1 heterocycles. The van der Waals surface area contributed by atoms with Crippen molar-refractivity contribution in [1.82, 2.24) is 0 Å². The highest BCUT2D eigenvalue weighted by atomic mass is 32.2. The molecule has 1 aromatic carbocycles. The standard InChI is InChI=1S/C13H15F3O4S/c14-13(15,16)10-1-3-11(4-2-10)21(18,19)8-12(17)9-5-6-20-7-9/h1-4,9,12,17H,5-8H2. The van der Waals surface area contributed by atoms with Gasteiger partial charge in [-0.05, 0) is 30.7 Å². The Morgan fingerprint density at radius 2 is 1.90 bits per heavy atom. The molecule has 118 valence electrons. The molecule has 1 fully saturated rings. The Hall–Kier alpha value is -1.12. The summed E-state index contributed by atoms with van der Waals surface area (Å²) in [6.07, 6.45) is -5.02. The zero-order chi connectivity index (χ0) is 15.7. The van der Waals surface area contributed by atoms with Gasteiger partial charge in [-0.3, -0.25) is 0 Å². The van der Waals surface area contributed by atoms with E-state index in [9.17, 15) is 26.7 Å². The molecule has 0 aromatic heterocycles. The molecule has 0 aliphatic carbocycles. The van der Waals surface area contributed by atoms with Crippen molar-refractivity contribution < 1.29 is 31.4 Å². The summed E-state index contributed by atoms with van der Waals surface area (Å²) >= 11 is 0. The van der Waals surface area contributed by atoms with Crippen LogP contribution in [0.1, 0.15) is 12.0 Å². The second-order valence-electron chi connectivity index (χ2n) is 4.99. The van der Waals surface area contributed by atoms with Crippen LogP contribution in [0, 0.1) is 5.92 Å². The summed E-state index contributed by atoms with van der Waals surface area (Å²) in [5, 5.41) is 9.89. The highest BCUT2D eigenvalue weighted by Gasteiger charge is 2.32. The molecule has 1 saturated heterocycles. The minimum atomic E-state index is -4.51. The molecule has 4 nitrogen and oxygen atoms in total. The molecule has 1 aliphatic heterocycles. The molecule has 1 aliphatic rings. The number of sulfone groups is 1. The van der Waals surface area contributed by atoms with E-state index in [0.717, 1.165) is 24.3 Å². The van der Waals surface area contributed by atoms with Crippen molar-refractivity contribution in [2.75, 3.05) is 19.0 Å². The first-order valence-corrected chi connectivity index (χ1v) is 8.01. The number of ether oxygens (including phenoxy) is 1. The molecule has 1 N–H and O–H groups in total. The van der Waals surface area contributed by atoms with Crippen molar-refractivity contribution in [3.63, 3.8) is 0 Å². The Kier molecular flexibility index (Phi) is 4.60. The fourth-order valence-electron chi connectivity index (χ4n) is 2.16. The van der Waals surface area contributed by atoms with Crippen molar-refractivity contribution in [2.45, 2.75) is 23.6 Å². The van der Waals surface area contributed by atoms with Crippen LogP contribution in [0.2, 0.25) is 0 Å². The lowest BCUT2D eigenvalue weighted by Gasteiger charge is -2.16. The number of aliphatic hydroxyl groups excluding tert-OH is 1. The zero-order valence-electron chi connectivity index (χ0n) is 11.0.